The number of fused-ring (bicyclic) bond motifs is 1. The second kappa shape index (κ2) is 5.85. The molecular weight excluding hydrogens is 321 g/mol. The molecule has 0 amide bonds. The maximum absolute atomic E-state index is 14.0. The second-order valence-electron chi connectivity index (χ2n) is 5.03. The minimum absolute atomic E-state index is 0.0647. The van der Waals surface area contributed by atoms with E-state index in [0.717, 1.165) is 5.56 Å². The molecule has 0 saturated heterocycles. The molecule has 2 N–H and O–H groups in total. The van der Waals surface area contributed by atoms with Gasteiger partial charge in [-0.1, -0.05) is 35.9 Å². The summed E-state index contributed by atoms with van der Waals surface area (Å²) in [5, 5.41) is 20.2. The van der Waals surface area contributed by atoms with E-state index in [9.17, 15) is 19.4 Å². The zero-order valence-corrected chi connectivity index (χ0v) is 12.5. The zero-order chi connectivity index (χ0) is 16.6. The molecule has 23 heavy (non-hydrogen) atoms. The Kier molecular flexibility index (Phi) is 3.88. The first kappa shape index (κ1) is 15.2. The van der Waals surface area contributed by atoms with Crippen molar-refractivity contribution >= 4 is 28.5 Å². The molecule has 3 aromatic rings. The molecule has 1 heterocycles. The van der Waals surface area contributed by atoms with Crippen LogP contribution in [0.2, 0.25) is 5.02 Å². The predicted molar refractivity (Wildman–Crippen MR) is 84.6 cm³/mol. The number of carboxylic acids is 1. The molecule has 0 aliphatic heterocycles. The number of para-hydroxylation sites is 1. The maximum atomic E-state index is 14.0. The van der Waals surface area contributed by atoms with Crippen LogP contribution in [-0.4, -0.2) is 21.2 Å². The number of hydrogen-bond acceptors (Lipinski definition) is 3. The van der Waals surface area contributed by atoms with Crippen LogP contribution in [0.25, 0.3) is 10.9 Å². The smallest absolute Gasteiger partial charge is 0.340 e. The molecule has 0 aliphatic rings. The van der Waals surface area contributed by atoms with Crippen LogP contribution in [0.5, 0.6) is 5.75 Å². The van der Waals surface area contributed by atoms with Gasteiger partial charge in [0.05, 0.1) is 5.69 Å². The molecule has 6 heteroatoms. The lowest BCUT2D eigenvalue weighted by Gasteiger charge is -2.11. The van der Waals surface area contributed by atoms with Crippen molar-refractivity contribution in [2.24, 2.45) is 0 Å². The monoisotopic (exact) mass is 331 g/mol. The van der Waals surface area contributed by atoms with Crippen molar-refractivity contribution < 1.29 is 19.4 Å². The lowest BCUT2D eigenvalue weighted by molar-refractivity contribution is 0.0695. The fourth-order valence-corrected chi connectivity index (χ4v) is 2.55. The summed E-state index contributed by atoms with van der Waals surface area (Å²) >= 11 is 5.82. The number of rotatable bonds is 3. The molecule has 0 saturated carbocycles. The number of halogens is 2. The van der Waals surface area contributed by atoms with E-state index in [0.29, 0.717) is 5.02 Å². The first-order chi connectivity index (χ1) is 11.0. The van der Waals surface area contributed by atoms with Crippen LogP contribution in [0.15, 0.2) is 42.5 Å². The molecule has 0 fully saturated rings. The third-order valence-electron chi connectivity index (χ3n) is 3.51. The number of aromatic nitrogens is 1. The normalized spacial score (nSPS) is 10.9. The van der Waals surface area contributed by atoms with E-state index in [1.807, 2.05) is 0 Å². The van der Waals surface area contributed by atoms with Crippen LogP contribution in [0.4, 0.5) is 4.39 Å². The lowest BCUT2D eigenvalue weighted by Crippen LogP contribution is -2.05. The van der Waals surface area contributed by atoms with Gasteiger partial charge < -0.3 is 10.2 Å². The summed E-state index contributed by atoms with van der Waals surface area (Å²) in [5.41, 5.74) is 0.441. The van der Waals surface area contributed by atoms with Gasteiger partial charge in [-0.3, -0.25) is 0 Å². The van der Waals surface area contributed by atoms with Gasteiger partial charge in [-0.2, -0.15) is 0 Å². The quantitative estimate of drug-likeness (QED) is 0.760. The van der Waals surface area contributed by atoms with Crippen molar-refractivity contribution in [3.05, 3.63) is 70.1 Å². The number of pyridine rings is 1. The van der Waals surface area contributed by atoms with E-state index >= 15 is 0 Å². The van der Waals surface area contributed by atoms with Crippen LogP contribution in [0, 0.1) is 5.82 Å². The Bertz CT molecular complexity index is 910. The summed E-state index contributed by atoms with van der Waals surface area (Å²) in [6.07, 6.45) is 0.160. The largest absolute Gasteiger partial charge is 0.505 e. The Hall–Kier alpha value is -2.66. The van der Waals surface area contributed by atoms with Gasteiger partial charge in [0.2, 0.25) is 0 Å². The first-order valence-corrected chi connectivity index (χ1v) is 7.13. The van der Waals surface area contributed by atoms with Crippen LogP contribution in [-0.2, 0) is 6.42 Å². The minimum Gasteiger partial charge on any atom is -0.505 e. The summed E-state index contributed by atoms with van der Waals surface area (Å²) in [6.45, 7) is 0. The summed E-state index contributed by atoms with van der Waals surface area (Å²) < 4.78 is 14.0. The molecular formula is C17H11ClFNO3. The average molecular weight is 332 g/mol. The van der Waals surface area contributed by atoms with Gasteiger partial charge in [0, 0.05) is 16.8 Å². The fraction of sp³-hybridized carbons (Fsp3) is 0.0588. The minimum atomic E-state index is -1.34. The molecule has 4 nitrogen and oxygen atoms in total. The van der Waals surface area contributed by atoms with Gasteiger partial charge in [-0.15, -0.1) is 0 Å². The van der Waals surface area contributed by atoms with E-state index < -0.39 is 17.5 Å². The van der Waals surface area contributed by atoms with Crippen molar-refractivity contribution in [1.29, 1.82) is 0 Å². The van der Waals surface area contributed by atoms with Gasteiger partial charge in [0.15, 0.2) is 5.75 Å². The Labute approximate surface area is 135 Å². The van der Waals surface area contributed by atoms with Crippen molar-refractivity contribution in [3.63, 3.8) is 0 Å². The van der Waals surface area contributed by atoms with Gasteiger partial charge >= 0.3 is 5.97 Å². The lowest BCUT2D eigenvalue weighted by atomic mass is 10.0. The summed E-state index contributed by atoms with van der Waals surface area (Å²) in [4.78, 5) is 15.6. The molecule has 0 radical (unpaired) electrons. The number of carboxylic acid groups (broad SMARTS) is 1. The number of benzene rings is 2. The van der Waals surface area contributed by atoms with Gasteiger partial charge in [-0.05, 0) is 23.8 Å². The van der Waals surface area contributed by atoms with E-state index in [1.165, 1.54) is 18.2 Å². The first-order valence-electron chi connectivity index (χ1n) is 6.75. The third-order valence-corrected chi connectivity index (χ3v) is 3.76. The molecule has 0 bridgehead atoms. The maximum Gasteiger partial charge on any atom is 0.340 e. The Balaban J connectivity index is 2.20. The number of nitrogens with zero attached hydrogens (tertiary/aromatic N) is 1. The number of hydrogen-bond donors (Lipinski definition) is 2. The van der Waals surface area contributed by atoms with Crippen LogP contribution >= 0.6 is 11.6 Å². The summed E-state index contributed by atoms with van der Waals surface area (Å²) in [5.74, 6) is -2.43. The van der Waals surface area contributed by atoms with E-state index in [2.05, 4.69) is 4.98 Å². The van der Waals surface area contributed by atoms with Gasteiger partial charge in [0.1, 0.15) is 16.9 Å². The van der Waals surface area contributed by atoms with Crippen molar-refractivity contribution in [3.8, 4) is 5.75 Å². The molecule has 0 unspecified atom stereocenters. The molecule has 3 rings (SSSR count). The van der Waals surface area contributed by atoms with Crippen LogP contribution in [0.1, 0.15) is 21.6 Å². The van der Waals surface area contributed by atoms with E-state index in [-0.39, 0.29) is 28.6 Å². The number of aromatic hydroxyl groups is 1. The number of aromatic carboxylic acids is 1. The van der Waals surface area contributed by atoms with Crippen LogP contribution < -0.4 is 0 Å². The highest BCUT2D eigenvalue weighted by molar-refractivity contribution is 6.30. The van der Waals surface area contributed by atoms with Crippen molar-refractivity contribution in [2.75, 3.05) is 0 Å². The second-order valence-corrected chi connectivity index (χ2v) is 5.46. The highest BCUT2D eigenvalue weighted by Gasteiger charge is 2.21. The molecule has 2 aromatic carbocycles. The summed E-state index contributed by atoms with van der Waals surface area (Å²) in [7, 11) is 0. The van der Waals surface area contributed by atoms with Crippen molar-refractivity contribution in [1.82, 2.24) is 4.98 Å². The Morgan fingerprint density at radius 3 is 2.52 bits per heavy atom. The molecule has 1 aromatic heterocycles. The predicted octanol–water partition coefficient (Wildman–Crippen LogP) is 4.02. The highest BCUT2D eigenvalue weighted by Crippen LogP contribution is 2.31. The fourth-order valence-electron chi connectivity index (χ4n) is 2.43. The van der Waals surface area contributed by atoms with Crippen LogP contribution in [0.3, 0.4) is 0 Å². The third kappa shape index (κ3) is 2.83. The van der Waals surface area contributed by atoms with Crippen molar-refractivity contribution in [2.45, 2.75) is 6.42 Å². The summed E-state index contributed by atoms with van der Waals surface area (Å²) in [6, 6.07) is 10.8. The zero-order valence-electron chi connectivity index (χ0n) is 11.8. The SMILES string of the molecule is O=C(O)c1c(O)c(Cc2ccc(Cl)cc2)nc2c(F)cccc12. The Morgan fingerprint density at radius 1 is 1.17 bits per heavy atom. The number of carbonyl (C=O) groups is 1. The highest BCUT2D eigenvalue weighted by atomic mass is 35.5. The average Bonchev–Trinajstić information content (AvgIpc) is 2.51. The molecule has 0 atom stereocenters. The molecule has 0 aliphatic carbocycles. The van der Waals surface area contributed by atoms with Gasteiger partial charge in [-0.25, -0.2) is 14.2 Å². The standard InChI is InChI=1S/C17H11ClFNO3/c18-10-6-4-9(5-7-10)8-13-16(21)14(17(22)23)11-2-1-3-12(19)15(11)20-13/h1-7,21H,8H2,(H,22,23). The van der Waals surface area contributed by atoms with E-state index in [4.69, 9.17) is 11.6 Å². The molecule has 0 spiro atoms. The topological polar surface area (TPSA) is 70.4 Å². The molecule has 116 valence electrons. The van der Waals surface area contributed by atoms with Gasteiger partial charge in [0.25, 0.3) is 0 Å². The van der Waals surface area contributed by atoms with E-state index in [1.54, 1.807) is 24.3 Å². The Morgan fingerprint density at radius 2 is 1.87 bits per heavy atom.